The lowest BCUT2D eigenvalue weighted by atomic mass is 10.2. The highest BCUT2D eigenvalue weighted by Gasteiger charge is 2.05. The Bertz CT molecular complexity index is 427. The zero-order valence-corrected chi connectivity index (χ0v) is 12.4. The maximum Gasteiger partial charge on any atom is 0.252 e. The Morgan fingerprint density at radius 2 is 2.21 bits per heavy atom. The number of anilines is 1. The molecular weight excluding hydrogens is 260 g/mol. The predicted molar refractivity (Wildman–Crippen MR) is 82.0 cm³/mol. The van der Waals surface area contributed by atoms with E-state index in [0.29, 0.717) is 17.9 Å². The van der Waals surface area contributed by atoms with Crippen molar-refractivity contribution < 1.29 is 4.79 Å². The molecule has 5 nitrogen and oxygen atoms in total. The molecule has 0 saturated carbocycles. The smallest absolute Gasteiger partial charge is 0.252 e. The molecule has 0 bridgehead atoms. The summed E-state index contributed by atoms with van der Waals surface area (Å²) in [7, 11) is 0. The molecule has 104 valence electrons. The van der Waals surface area contributed by atoms with E-state index in [2.05, 4.69) is 27.8 Å². The van der Waals surface area contributed by atoms with E-state index in [-0.39, 0.29) is 5.91 Å². The Morgan fingerprint density at radius 1 is 1.42 bits per heavy atom. The third-order valence-corrected chi connectivity index (χ3v) is 3.06. The number of rotatable bonds is 7. The van der Waals surface area contributed by atoms with E-state index in [9.17, 15) is 4.79 Å². The van der Waals surface area contributed by atoms with Gasteiger partial charge in [0.1, 0.15) is 5.82 Å². The van der Waals surface area contributed by atoms with Gasteiger partial charge in [0.25, 0.3) is 5.91 Å². The summed E-state index contributed by atoms with van der Waals surface area (Å²) in [4.78, 5) is 15.9. The Kier molecular flexibility index (Phi) is 6.95. The van der Waals surface area contributed by atoms with Crippen LogP contribution in [0.25, 0.3) is 0 Å². The second-order valence-electron chi connectivity index (χ2n) is 4.06. The third-order valence-electron chi connectivity index (χ3n) is 2.16. The summed E-state index contributed by atoms with van der Waals surface area (Å²) in [6.45, 7) is 6.56. The van der Waals surface area contributed by atoms with Gasteiger partial charge in [0.15, 0.2) is 0 Å². The molecule has 0 unspecified atom stereocenters. The van der Waals surface area contributed by atoms with E-state index in [4.69, 9.17) is 0 Å². The molecular formula is C13H20N4OS. The second-order valence-corrected chi connectivity index (χ2v) is 5.45. The number of carbonyl (C=O) groups excluding carboxylic acids is 1. The van der Waals surface area contributed by atoms with Gasteiger partial charge in [0, 0.05) is 24.2 Å². The number of hydrazone groups is 1. The van der Waals surface area contributed by atoms with Crippen LogP contribution in [0.1, 0.15) is 31.1 Å². The molecule has 0 saturated heterocycles. The van der Waals surface area contributed by atoms with Crippen LogP contribution in [0.2, 0.25) is 0 Å². The minimum atomic E-state index is -0.0917. The fraction of sp³-hybridized carbons (Fsp3) is 0.462. The fourth-order valence-corrected chi connectivity index (χ4v) is 1.78. The van der Waals surface area contributed by atoms with E-state index < -0.39 is 0 Å². The molecule has 6 heteroatoms. The summed E-state index contributed by atoms with van der Waals surface area (Å²) < 4.78 is 0. The summed E-state index contributed by atoms with van der Waals surface area (Å²) in [5.74, 6) is 2.53. The molecule has 19 heavy (non-hydrogen) atoms. The molecule has 0 atom stereocenters. The summed E-state index contributed by atoms with van der Waals surface area (Å²) >= 11 is 1.80. The van der Waals surface area contributed by atoms with E-state index in [1.165, 1.54) is 0 Å². The number of carbonyl (C=O) groups is 1. The normalized spacial score (nSPS) is 9.84. The van der Waals surface area contributed by atoms with Crippen LogP contribution in [0.3, 0.4) is 0 Å². The highest BCUT2D eigenvalue weighted by atomic mass is 32.2. The molecule has 0 radical (unpaired) electrons. The van der Waals surface area contributed by atoms with Gasteiger partial charge in [-0.25, -0.2) is 4.98 Å². The standard InChI is InChI=1S/C13H20N4OS/c1-4-19-8-7-14-13(18)11-5-6-12(15-9-11)17-16-10(2)3/h5-6,9H,4,7-8H2,1-3H3,(H,14,18)(H,15,17). The maximum absolute atomic E-state index is 11.8. The van der Waals surface area contributed by atoms with Crippen molar-refractivity contribution in [3.05, 3.63) is 23.9 Å². The minimum Gasteiger partial charge on any atom is -0.351 e. The summed E-state index contributed by atoms with van der Waals surface area (Å²) in [5.41, 5.74) is 4.29. The lowest BCUT2D eigenvalue weighted by Crippen LogP contribution is -2.25. The first kappa shape index (κ1) is 15.5. The van der Waals surface area contributed by atoms with Crippen LogP contribution >= 0.6 is 11.8 Å². The van der Waals surface area contributed by atoms with Gasteiger partial charge in [0.05, 0.1) is 5.56 Å². The van der Waals surface area contributed by atoms with Crippen LogP contribution in [-0.4, -0.2) is 34.7 Å². The number of aromatic nitrogens is 1. The van der Waals surface area contributed by atoms with Crippen molar-refractivity contribution in [2.45, 2.75) is 20.8 Å². The average Bonchev–Trinajstić information content (AvgIpc) is 2.41. The van der Waals surface area contributed by atoms with Crippen LogP contribution in [0.4, 0.5) is 5.82 Å². The number of nitrogens with zero attached hydrogens (tertiary/aromatic N) is 2. The van der Waals surface area contributed by atoms with Gasteiger partial charge in [-0.3, -0.25) is 10.2 Å². The van der Waals surface area contributed by atoms with Crippen LogP contribution < -0.4 is 10.7 Å². The number of thioether (sulfide) groups is 1. The molecule has 0 aromatic carbocycles. The van der Waals surface area contributed by atoms with E-state index in [1.54, 1.807) is 30.1 Å². The Balaban J connectivity index is 2.46. The monoisotopic (exact) mass is 280 g/mol. The van der Waals surface area contributed by atoms with Gasteiger partial charge < -0.3 is 5.32 Å². The highest BCUT2D eigenvalue weighted by Crippen LogP contribution is 2.05. The maximum atomic E-state index is 11.8. The zero-order chi connectivity index (χ0) is 14.1. The molecule has 0 fully saturated rings. The Labute approximate surface area is 118 Å². The fourth-order valence-electron chi connectivity index (χ4n) is 1.25. The predicted octanol–water partition coefficient (Wildman–Crippen LogP) is 2.37. The first-order valence-electron chi connectivity index (χ1n) is 6.22. The van der Waals surface area contributed by atoms with Crippen LogP contribution in [0.5, 0.6) is 0 Å². The molecule has 1 amide bonds. The number of hydrogen-bond donors (Lipinski definition) is 2. The number of pyridine rings is 1. The summed E-state index contributed by atoms with van der Waals surface area (Å²) in [5, 5.41) is 6.90. The molecule has 0 aliphatic carbocycles. The van der Waals surface area contributed by atoms with Crippen LogP contribution in [0, 0.1) is 0 Å². The van der Waals surface area contributed by atoms with Crippen molar-refractivity contribution in [1.29, 1.82) is 0 Å². The van der Waals surface area contributed by atoms with E-state index in [0.717, 1.165) is 17.2 Å². The molecule has 1 aromatic rings. The van der Waals surface area contributed by atoms with Crippen LogP contribution in [0.15, 0.2) is 23.4 Å². The Hall–Kier alpha value is -1.56. The summed E-state index contributed by atoms with van der Waals surface area (Å²) in [6.07, 6.45) is 1.55. The summed E-state index contributed by atoms with van der Waals surface area (Å²) in [6, 6.07) is 3.47. The highest BCUT2D eigenvalue weighted by molar-refractivity contribution is 7.99. The first-order chi connectivity index (χ1) is 9.13. The largest absolute Gasteiger partial charge is 0.351 e. The zero-order valence-electron chi connectivity index (χ0n) is 11.6. The molecule has 1 heterocycles. The van der Waals surface area contributed by atoms with Gasteiger partial charge in [-0.05, 0) is 31.7 Å². The van der Waals surface area contributed by atoms with Crippen molar-refractivity contribution in [3.63, 3.8) is 0 Å². The van der Waals surface area contributed by atoms with Gasteiger partial charge in [-0.15, -0.1) is 0 Å². The van der Waals surface area contributed by atoms with Crippen molar-refractivity contribution in [3.8, 4) is 0 Å². The topological polar surface area (TPSA) is 66.4 Å². The Morgan fingerprint density at radius 3 is 2.79 bits per heavy atom. The van der Waals surface area contributed by atoms with Gasteiger partial charge in [0.2, 0.25) is 0 Å². The van der Waals surface area contributed by atoms with E-state index in [1.807, 2.05) is 13.8 Å². The SMILES string of the molecule is CCSCCNC(=O)c1ccc(NN=C(C)C)nc1. The number of nitrogens with one attached hydrogen (secondary N) is 2. The average molecular weight is 280 g/mol. The molecule has 1 rings (SSSR count). The van der Waals surface area contributed by atoms with Gasteiger partial charge in [-0.1, -0.05) is 6.92 Å². The molecule has 2 N–H and O–H groups in total. The minimum absolute atomic E-state index is 0.0917. The molecule has 1 aromatic heterocycles. The lowest BCUT2D eigenvalue weighted by Gasteiger charge is -2.05. The number of hydrogen-bond acceptors (Lipinski definition) is 5. The van der Waals surface area contributed by atoms with Gasteiger partial charge >= 0.3 is 0 Å². The molecule has 0 spiro atoms. The third kappa shape index (κ3) is 6.24. The van der Waals surface area contributed by atoms with Crippen molar-refractivity contribution >= 4 is 29.2 Å². The van der Waals surface area contributed by atoms with E-state index >= 15 is 0 Å². The lowest BCUT2D eigenvalue weighted by molar-refractivity contribution is 0.0956. The number of amides is 1. The van der Waals surface area contributed by atoms with Gasteiger partial charge in [-0.2, -0.15) is 16.9 Å². The molecule has 0 aliphatic heterocycles. The van der Waals surface area contributed by atoms with Crippen molar-refractivity contribution in [1.82, 2.24) is 10.3 Å². The quantitative estimate of drug-likeness (QED) is 0.457. The first-order valence-corrected chi connectivity index (χ1v) is 7.38. The van der Waals surface area contributed by atoms with Crippen molar-refractivity contribution in [2.75, 3.05) is 23.5 Å². The second kappa shape index (κ2) is 8.53. The molecule has 0 aliphatic rings. The van der Waals surface area contributed by atoms with Crippen molar-refractivity contribution in [2.24, 2.45) is 5.10 Å². The van der Waals surface area contributed by atoms with Crippen LogP contribution in [-0.2, 0) is 0 Å².